The van der Waals surface area contributed by atoms with E-state index in [2.05, 4.69) is 0 Å². The number of hydrogen-bond acceptors (Lipinski definition) is 5. The number of aliphatic hydroxyl groups is 1. The average Bonchev–Trinajstić information content (AvgIpc) is 2.80. The Hall–Kier alpha value is -2.95. The topological polar surface area (TPSA) is 124 Å². The molecule has 5 N–H and O–H groups in total. The first kappa shape index (κ1) is 25.7. The van der Waals surface area contributed by atoms with Gasteiger partial charge in [0, 0.05) is 27.7 Å². The molecule has 0 aliphatic rings. The molecule has 34 heavy (non-hydrogen) atoms. The molecule has 0 amide bonds. The molecule has 182 valence electrons. The summed E-state index contributed by atoms with van der Waals surface area (Å²) in [5.74, 6) is -2.59. The molecule has 0 aromatic heterocycles. The van der Waals surface area contributed by atoms with E-state index in [9.17, 15) is 27.3 Å². The lowest BCUT2D eigenvalue weighted by atomic mass is 9.88. The van der Waals surface area contributed by atoms with Crippen molar-refractivity contribution in [3.8, 4) is 11.1 Å². The molecule has 0 aliphatic carbocycles. The Bertz CT molecular complexity index is 1270. The second-order valence-electron chi connectivity index (χ2n) is 8.17. The minimum Gasteiger partial charge on any atom is -0.480 e. The standard InChI is InChI=1S/C24H25F3N2O4S/c25-24(26,27)23(32,13-15-34(29,33)14-12-21(28)22(30)31)18-10-8-17(9-11-18)20-7-3-5-16-4-1-2-6-19(16)20/h1-11,21,29,32H,12-15,28H2,(H,30,31)/t21-,23?,34?/m0/s1. The van der Waals surface area contributed by atoms with Crippen LogP contribution in [0.4, 0.5) is 13.2 Å². The lowest BCUT2D eigenvalue weighted by molar-refractivity contribution is -0.267. The number of fused-ring (bicyclic) bond motifs is 1. The largest absolute Gasteiger partial charge is 0.480 e. The van der Waals surface area contributed by atoms with Gasteiger partial charge < -0.3 is 15.9 Å². The number of benzene rings is 3. The van der Waals surface area contributed by atoms with Crippen LogP contribution >= 0.6 is 0 Å². The van der Waals surface area contributed by atoms with Crippen LogP contribution in [-0.2, 0) is 20.1 Å². The maximum absolute atomic E-state index is 13.9. The van der Waals surface area contributed by atoms with Crippen molar-refractivity contribution in [1.29, 1.82) is 4.78 Å². The van der Waals surface area contributed by atoms with E-state index in [1.165, 1.54) is 24.3 Å². The highest BCUT2D eigenvalue weighted by atomic mass is 32.2. The van der Waals surface area contributed by atoms with Crippen molar-refractivity contribution in [2.24, 2.45) is 5.73 Å². The zero-order valence-electron chi connectivity index (χ0n) is 18.1. The molecule has 2 unspecified atom stereocenters. The normalized spacial score (nSPS) is 16.5. The molecule has 0 fully saturated rings. The number of rotatable bonds is 9. The third-order valence-corrected chi connectivity index (χ3v) is 7.56. The van der Waals surface area contributed by atoms with Gasteiger partial charge in [-0.3, -0.25) is 9.57 Å². The first-order valence-electron chi connectivity index (χ1n) is 10.4. The highest BCUT2D eigenvalue weighted by Crippen LogP contribution is 2.42. The minimum atomic E-state index is -5.08. The fourth-order valence-corrected chi connectivity index (χ4v) is 5.17. The number of carboxylic acids is 1. The van der Waals surface area contributed by atoms with Gasteiger partial charge in [0.25, 0.3) is 0 Å². The summed E-state index contributed by atoms with van der Waals surface area (Å²) in [7, 11) is -3.59. The molecule has 10 heteroatoms. The number of carboxylic acid groups (broad SMARTS) is 1. The summed E-state index contributed by atoms with van der Waals surface area (Å²) < 4.78 is 62.0. The number of nitrogens with one attached hydrogen (secondary N) is 1. The van der Waals surface area contributed by atoms with Crippen LogP contribution in [0.25, 0.3) is 21.9 Å². The fourth-order valence-electron chi connectivity index (χ4n) is 3.71. The third-order valence-electron chi connectivity index (χ3n) is 5.80. The third kappa shape index (κ3) is 5.57. The second-order valence-corrected chi connectivity index (χ2v) is 10.6. The summed E-state index contributed by atoms with van der Waals surface area (Å²) in [6.07, 6.45) is -6.41. The highest BCUT2D eigenvalue weighted by Gasteiger charge is 2.54. The van der Waals surface area contributed by atoms with Crippen LogP contribution in [0.1, 0.15) is 18.4 Å². The smallest absolute Gasteiger partial charge is 0.421 e. The number of hydrogen-bond donors (Lipinski definition) is 4. The molecule has 3 aromatic rings. The van der Waals surface area contributed by atoms with Crippen molar-refractivity contribution in [1.82, 2.24) is 0 Å². The summed E-state index contributed by atoms with van der Waals surface area (Å²) in [6, 6.07) is 17.2. The SMILES string of the molecule is N=S(=O)(CC[C@H](N)C(=O)O)CCC(O)(c1ccc(-c2cccc3ccccc23)cc1)C(F)(F)F. The Kier molecular flexibility index (Phi) is 7.35. The van der Waals surface area contributed by atoms with Crippen LogP contribution in [0, 0.1) is 4.78 Å². The molecule has 0 aliphatic heterocycles. The Morgan fingerprint density at radius 1 is 1.00 bits per heavy atom. The number of halogens is 3. The van der Waals surface area contributed by atoms with E-state index >= 15 is 0 Å². The Morgan fingerprint density at radius 3 is 2.24 bits per heavy atom. The Labute approximate surface area is 195 Å². The first-order valence-corrected chi connectivity index (χ1v) is 12.3. The van der Waals surface area contributed by atoms with Gasteiger partial charge in [-0.1, -0.05) is 66.7 Å². The number of alkyl halides is 3. The van der Waals surface area contributed by atoms with E-state index in [0.29, 0.717) is 5.56 Å². The van der Waals surface area contributed by atoms with Crippen LogP contribution in [0.5, 0.6) is 0 Å². The highest BCUT2D eigenvalue weighted by molar-refractivity contribution is 7.92. The Morgan fingerprint density at radius 2 is 1.62 bits per heavy atom. The summed E-state index contributed by atoms with van der Waals surface area (Å²) in [6.45, 7) is 0. The van der Waals surface area contributed by atoms with Gasteiger partial charge in [-0.2, -0.15) is 13.2 Å². The second kappa shape index (κ2) is 9.73. The van der Waals surface area contributed by atoms with E-state index in [1.54, 1.807) is 0 Å². The van der Waals surface area contributed by atoms with Crippen molar-refractivity contribution in [2.75, 3.05) is 11.5 Å². The number of nitrogens with two attached hydrogens (primary N) is 1. The molecule has 3 rings (SSSR count). The Balaban J connectivity index is 1.86. The molecule has 0 saturated carbocycles. The van der Waals surface area contributed by atoms with Crippen molar-refractivity contribution in [3.63, 3.8) is 0 Å². The summed E-state index contributed by atoms with van der Waals surface area (Å²) in [4.78, 5) is 10.8. The summed E-state index contributed by atoms with van der Waals surface area (Å²) in [5, 5.41) is 21.3. The predicted octanol–water partition coefficient (Wildman–Crippen LogP) is 4.50. The summed E-state index contributed by atoms with van der Waals surface area (Å²) >= 11 is 0. The summed E-state index contributed by atoms with van der Waals surface area (Å²) in [5.41, 5.74) is 3.07. The van der Waals surface area contributed by atoms with Crippen molar-refractivity contribution in [2.45, 2.75) is 30.7 Å². The van der Waals surface area contributed by atoms with Crippen LogP contribution in [-0.4, -0.2) is 44.1 Å². The lowest BCUT2D eigenvalue weighted by Crippen LogP contribution is -2.44. The number of carbonyl (C=O) groups is 1. The van der Waals surface area contributed by atoms with E-state index in [1.807, 2.05) is 42.5 Å². The molecule has 0 spiro atoms. The molecule has 3 aromatic carbocycles. The number of aliphatic carboxylic acids is 1. The van der Waals surface area contributed by atoms with Gasteiger partial charge in [-0.25, -0.2) is 4.21 Å². The quantitative estimate of drug-likeness (QED) is 0.349. The van der Waals surface area contributed by atoms with Gasteiger partial charge in [0.05, 0.1) is 0 Å². The van der Waals surface area contributed by atoms with Crippen LogP contribution < -0.4 is 5.73 Å². The van der Waals surface area contributed by atoms with E-state index in [4.69, 9.17) is 15.6 Å². The predicted molar refractivity (Wildman–Crippen MR) is 125 cm³/mol. The molecular weight excluding hydrogens is 469 g/mol. The van der Waals surface area contributed by atoms with Gasteiger partial charge in [-0.05, 0) is 33.9 Å². The van der Waals surface area contributed by atoms with E-state index < -0.39 is 57.0 Å². The van der Waals surface area contributed by atoms with Crippen LogP contribution in [0.15, 0.2) is 66.7 Å². The molecule has 0 bridgehead atoms. The fraction of sp³-hybridized carbons (Fsp3) is 0.292. The van der Waals surface area contributed by atoms with Gasteiger partial charge in [0.15, 0.2) is 5.60 Å². The molecular formula is C24H25F3N2O4S. The van der Waals surface area contributed by atoms with E-state index in [-0.39, 0.29) is 6.42 Å². The minimum absolute atomic E-state index is 0.318. The zero-order chi connectivity index (χ0) is 25.1. The van der Waals surface area contributed by atoms with E-state index in [0.717, 1.165) is 16.3 Å². The molecule has 6 nitrogen and oxygen atoms in total. The monoisotopic (exact) mass is 494 g/mol. The molecule has 3 atom stereocenters. The van der Waals surface area contributed by atoms with Crippen LogP contribution in [0.2, 0.25) is 0 Å². The molecule has 0 saturated heterocycles. The maximum Gasteiger partial charge on any atom is 0.421 e. The van der Waals surface area contributed by atoms with Crippen LogP contribution in [0.3, 0.4) is 0 Å². The maximum atomic E-state index is 13.9. The lowest BCUT2D eigenvalue weighted by Gasteiger charge is -2.31. The van der Waals surface area contributed by atoms with Crippen molar-refractivity contribution < 1.29 is 32.4 Å². The van der Waals surface area contributed by atoms with Gasteiger partial charge >= 0.3 is 12.1 Å². The molecule has 0 heterocycles. The van der Waals surface area contributed by atoms with Gasteiger partial charge in [0.2, 0.25) is 0 Å². The first-order chi connectivity index (χ1) is 15.8. The average molecular weight is 495 g/mol. The van der Waals surface area contributed by atoms with Crippen molar-refractivity contribution in [3.05, 3.63) is 72.3 Å². The molecule has 0 radical (unpaired) electrons. The van der Waals surface area contributed by atoms with Crippen molar-refractivity contribution >= 4 is 26.5 Å². The van der Waals surface area contributed by atoms with Gasteiger partial charge in [-0.15, -0.1) is 0 Å². The van der Waals surface area contributed by atoms with Gasteiger partial charge in [0.1, 0.15) is 6.04 Å². The zero-order valence-corrected chi connectivity index (χ0v) is 18.9.